The summed E-state index contributed by atoms with van der Waals surface area (Å²) in [6, 6.07) is 0. The van der Waals surface area contributed by atoms with Gasteiger partial charge in [-0.25, -0.2) is 0 Å². The maximum atomic E-state index is 5.65. The van der Waals surface area contributed by atoms with Crippen molar-refractivity contribution < 1.29 is 0 Å². The zero-order valence-corrected chi connectivity index (χ0v) is 11.4. The molecule has 15 heavy (non-hydrogen) atoms. The molecule has 0 bridgehead atoms. The Morgan fingerprint density at radius 1 is 0.733 bits per heavy atom. The van der Waals surface area contributed by atoms with Crippen LogP contribution in [0.15, 0.2) is 0 Å². The third-order valence-corrected chi connectivity index (χ3v) is 3.51. The lowest BCUT2D eigenvalue weighted by Gasteiger charge is -2.21. The molecule has 0 aromatic carbocycles. The molecule has 0 amide bonds. The van der Waals surface area contributed by atoms with Crippen LogP contribution in [-0.4, -0.2) is 6.54 Å². The van der Waals surface area contributed by atoms with E-state index in [1.54, 1.807) is 0 Å². The lowest BCUT2D eigenvalue weighted by molar-refractivity contribution is 0.306. The van der Waals surface area contributed by atoms with Crippen molar-refractivity contribution in [3.8, 4) is 0 Å². The van der Waals surface area contributed by atoms with Gasteiger partial charge in [0.2, 0.25) is 0 Å². The summed E-state index contributed by atoms with van der Waals surface area (Å²) in [6.45, 7) is 12.5. The van der Waals surface area contributed by atoms with Gasteiger partial charge in [0.1, 0.15) is 0 Å². The summed E-state index contributed by atoms with van der Waals surface area (Å²) < 4.78 is 0. The van der Waals surface area contributed by atoms with Gasteiger partial charge < -0.3 is 5.73 Å². The van der Waals surface area contributed by atoms with E-state index in [0.717, 1.165) is 24.3 Å². The molecular weight excluding hydrogens is 182 g/mol. The minimum atomic E-state index is 0.691. The molecule has 92 valence electrons. The smallest absolute Gasteiger partial charge is 0.00514 e. The van der Waals surface area contributed by atoms with Crippen LogP contribution in [0.3, 0.4) is 0 Å². The van der Waals surface area contributed by atoms with E-state index in [1.807, 2.05) is 0 Å². The molecule has 1 nitrogen and oxygen atoms in total. The van der Waals surface area contributed by atoms with Gasteiger partial charge >= 0.3 is 0 Å². The molecule has 0 heterocycles. The van der Waals surface area contributed by atoms with Gasteiger partial charge in [-0.15, -0.1) is 0 Å². The summed E-state index contributed by atoms with van der Waals surface area (Å²) in [5, 5.41) is 0. The first-order valence-electron chi connectivity index (χ1n) is 6.69. The molecule has 0 rings (SSSR count). The third-order valence-electron chi connectivity index (χ3n) is 3.51. The number of hydrogen-bond donors (Lipinski definition) is 1. The second-order valence-electron chi connectivity index (χ2n) is 5.77. The second-order valence-corrected chi connectivity index (χ2v) is 5.77. The minimum Gasteiger partial charge on any atom is -0.330 e. The third kappa shape index (κ3) is 7.84. The fourth-order valence-electron chi connectivity index (χ4n) is 2.52. The number of hydrogen-bond acceptors (Lipinski definition) is 1. The van der Waals surface area contributed by atoms with Gasteiger partial charge in [0, 0.05) is 0 Å². The molecule has 0 saturated carbocycles. The van der Waals surface area contributed by atoms with Gasteiger partial charge in [-0.3, -0.25) is 0 Å². The Morgan fingerprint density at radius 3 is 1.53 bits per heavy atom. The molecule has 0 radical (unpaired) electrons. The Labute approximate surface area is 96.8 Å². The maximum absolute atomic E-state index is 5.65. The largest absolute Gasteiger partial charge is 0.330 e. The summed E-state index contributed by atoms with van der Waals surface area (Å²) >= 11 is 0. The molecule has 2 N–H and O–H groups in total. The number of nitrogens with two attached hydrogens (primary N) is 1. The summed E-state index contributed by atoms with van der Waals surface area (Å²) in [5.74, 6) is 3.29. The first-order valence-corrected chi connectivity index (χ1v) is 6.69. The highest BCUT2D eigenvalue weighted by Gasteiger charge is 2.13. The lowest BCUT2D eigenvalue weighted by Crippen LogP contribution is -2.15. The molecule has 0 unspecified atom stereocenters. The molecule has 0 aliphatic rings. The molecule has 0 spiro atoms. The molecule has 0 aliphatic heterocycles. The van der Waals surface area contributed by atoms with Crippen molar-refractivity contribution in [1.82, 2.24) is 0 Å². The second kappa shape index (κ2) is 8.15. The monoisotopic (exact) mass is 213 g/mol. The molecule has 0 aromatic heterocycles. The topological polar surface area (TPSA) is 26.0 Å². The SMILES string of the molecule is CC[C@@H](C)C[C@@H](C)C[C@@H](C)C[C@@H](C)CN. The number of rotatable bonds is 8. The van der Waals surface area contributed by atoms with Crippen LogP contribution in [0.2, 0.25) is 0 Å². The van der Waals surface area contributed by atoms with Gasteiger partial charge in [-0.05, 0) is 49.5 Å². The van der Waals surface area contributed by atoms with Crippen LogP contribution < -0.4 is 5.73 Å². The maximum Gasteiger partial charge on any atom is -0.00514 e. The average molecular weight is 213 g/mol. The zero-order valence-electron chi connectivity index (χ0n) is 11.4. The van der Waals surface area contributed by atoms with Crippen molar-refractivity contribution in [2.75, 3.05) is 6.54 Å². The van der Waals surface area contributed by atoms with Crippen LogP contribution in [0.1, 0.15) is 60.3 Å². The van der Waals surface area contributed by atoms with E-state index in [2.05, 4.69) is 34.6 Å². The van der Waals surface area contributed by atoms with E-state index in [-0.39, 0.29) is 0 Å². The van der Waals surface area contributed by atoms with Crippen molar-refractivity contribution in [3.05, 3.63) is 0 Å². The summed E-state index contributed by atoms with van der Waals surface area (Å²) in [7, 11) is 0. The van der Waals surface area contributed by atoms with E-state index in [1.165, 1.54) is 25.7 Å². The average Bonchev–Trinajstić information content (AvgIpc) is 2.16. The Kier molecular flexibility index (Phi) is 8.13. The fourth-order valence-corrected chi connectivity index (χ4v) is 2.52. The molecule has 1 heteroatoms. The van der Waals surface area contributed by atoms with E-state index in [4.69, 9.17) is 5.73 Å². The van der Waals surface area contributed by atoms with Crippen LogP contribution in [0.25, 0.3) is 0 Å². The first-order chi connectivity index (χ1) is 6.99. The van der Waals surface area contributed by atoms with Gasteiger partial charge in [0.05, 0.1) is 0 Å². The summed E-state index contributed by atoms with van der Waals surface area (Å²) in [4.78, 5) is 0. The van der Waals surface area contributed by atoms with Crippen LogP contribution in [0, 0.1) is 23.7 Å². The molecule has 4 atom stereocenters. The van der Waals surface area contributed by atoms with Gasteiger partial charge in [-0.2, -0.15) is 0 Å². The summed E-state index contributed by atoms with van der Waals surface area (Å²) in [5.41, 5.74) is 5.65. The van der Waals surface area contributed by atoms with Crippen molar-refractivity contribution in [3.63, 3.8) is 0 Å². The van der Waals surface area contributed by atoms with Crippen molar-refractivity contribution in [1.29, 1.82) is 0 Å². The van der Waals surface area contributed by atoms with E-state index in [0.29, 0.717) is 5.92 Å². The van der Waals surface area contributed by atoms with E-state index >= 15 is 0 Å². The molecule has 0 saturated heterocycles. The van der Waals surface area contributed by atoms with Crippen LogP contribution in [0.4, 0.5) is 0 Å². The van der Waals surface area contributed by atoms with Gasteiger partial charge in [0.25, 0.3) is 0 Å². The molecule has 0 aromatic rings. The van der Waals surface area contributed by atoms with Crippen LogP contribution in [-0.2, 0) is 0 Å². The fraction of sp³-hybridized carbons (Fsp3) is 1.00. The summed E-state index contributed by atoms with van der Waals surface area (Å²) in [6.07, 6.45) is 5.37. The van der Waals surface area contributed by atoms with E-state index < -0.39 is 0 Å². The quantitative estimate of drug-likeness (QED) is 0.646. The predicted molar refractivity (Wildman–Crippen MR) is 69.9 cm³/mol. The molecular formula is C14H31N. The Hall–Kier alpha value is -0.0400. The normalized spacial score (nSPS) is 19.6. The van der Waals surface area contributed by atoms with Crippen molar-refractivity contribution in [2.24, 2.45) is 29.4 Å². The Morgan fingerprint density at radius 2 is 1.13 bits per heavy atom. The van der Waals surface area contributed by atoms with Crippen LogP contribution >= 0.6 is 0 Å². The minimum absolute atomic E-state index is 0.691. The first kappa shape index (κ1) is 15.0. The van der Waals surface area contributed by atoms with Gasteiger partial charge in [-0.1, -0.05) is 41.0 Å². The van der Waals surface area contributed by atoms with Crippen LogP contribution in [0.5, 0.6) is 0 Å². The zero-order chi connectivity index (χ0) is 11.8. The highest BCUT2D eigenvalue weighted by molar-refractivity contribution is 4.65. The van der Waals surface area contributed by atoms with Gasteiger partial charge in [0.15, 0.2) is 0 Å². The highest BCUT2D eigenvalue weighted by atomic mass is 14.5. The lowest BCUT2D eigenvalue weighted by atomic mass is 9.85. The predicted octanol–water partition coefficient (Wildman–Crippen LogP) is 4.07. The Balaban J connectivity index is 3.70. The van der Waals surface area contributed by atoms with Crippen molar-refractivity contribution >= 4 is 0 Å². The van der Waals surface area contributed by atoms with E-state index in [9.17, 15) is 0 Å². The Bertz CT molecular complexity index is 128. The standard InChI is InChI=1S/C14H31N/c1-6-11(2)7-12(3)8-13(4)9-14(5)10-15/h11-14H,6-10,15H2,1-5H3/t11-,12-,13-,14-/m1/s1. The molecule has 0 fully saturated rings. The van der Waals surface area contributed by atoms with Crippen molar-refractivity contribution in [2.45, 2.75) is 60.3 Å². The molecule has 0 aliphatic carbocycles. The highest BCUT2D eigenvalue weighted by Crippen LogP contribution is 2.24.